The van der Waals surface area contributed by atoms with E-state index < -0.39 is 18.5 Å². The molecule has 0 fully saturated rings. The van der Waals surface area contributed by atoms with E-state index in [0.29, 0.717) is 17.2 Å². The molecule has 1 aromatic heterocycles. The molecule has 7 nitrogen and oxygen atoms in total. The number of pyridine rings is 1. The second kappa shape index (κ2) is 6.72. The topological polar surface area (TPSA) is 86.8 Å². The van der Waals surface area contributed by atoms with E-state index >= 15 is 0 Å². The second-order valence-electron chi connectivity index (χ2n) is 5.57. The largest absolute Gasteiger partial charge is 0.454 e. The molecule has 26 heavy (non-hydrogen) atoms. The maximum absolute atomic E-state index is 12.1. The number of hydrogen-bond donors (Lipinski definition) is 1. The summed E-state index contributed by atoms with van der Waals surface area (Å²) < 4.78 is 15.5. The number of hydrogen-bond acceptors (Lipinski definition) is 6. The van der Waals surface area contributed by atoms with Crippen molar-refractivity contribution in [2.45, 2.75) is 0 Å². The zero-order chi connectivity index (χ0) is 17.9. The van der Waals surface area contributed by atoms with Gasteiger partial charge in [0.15, 0.2) is 18.1 Å². The summed E-state index contributed by atoms with van der Waals surface area (Å²) >= 11 is 0. The minimum absolute atomic E-state index is 0.121. The highest BCUT2D eigenvalue weighted by Crippen LogP contribution is 2.32. The Hall–Kier alpha value is -3.61. The number of anilines is 1. The molecule has 2 heterocycles. The van der Waals surface area contributed by atoms with Crippen molar-refractivity contribution < 1.29 is 23.8 Å². The molecule has 1 amide bonds. The lowest BCUT2D eigenvalue weighted by atomic mass is 10.2. The second-order valence-corrected chi connectivity index (χ2v) is 5.57. The van der Waals surface area contributed by atoms with Crippen LogP contribution in [0.1, 0.15) is 10.4 Å². The Bertz CT molecular complexity index is 997. The first-order valence-corrected chi connectivity index (χ1v) is 7.91. The Morgan fingerprint density at radius 3 is 2.88 bits per heavy atom. The van der Waals surface area contributed by atoms with Gasteiger partial charge in [0, 0.05) is 11.6 Å². The van der Waals surface area contributed by atoms with Crippen molar-refractivity contribution in [1.82, 2.24) is 4.98 Å². The lowest BCUT2D eigenvalue weighted by Crippen LogP contribution is -2.21. The Labute approximate surface area is 148 Å². The van der Waals surface area contributed by atoms with Crippen molar-refractivity contribution in [3.8, 4) is 11.5 Å². The lowest BCUT2D eigenvalue weighted by molar-refractivity contribution is -0.119. The molecule has 1 aliphatic heterocycles. The average molecular weight is 350 g/mol. The normalized spacial score (nSPS) is 12.0. The van der Waals surface area contributed by atoms with Gasteiger partial charge in [-0.15, -0.1) is 0 Å². The monoisotopic (exact) mass is 350 g/mol. The van der Waals surface area contributed by atoms with E-state index in [1.165, 1.54) is 6.07 Å². The lowest BCUT2D eigenvalue weighted by Gasteiger charge is -2.09. The fourth-order valence-electron chi connectivity index (χ4n) is 2.64. The molecule has 7 heteroatoms. The Morgan fingerprint density at radius 2 is 1.96 bits per heavy atom. The SMILES string of the molecule is O=C(COC(=O)c1ccc2c(c1)OCO2)Nc1cccc2ncccc12. The van der Waals surface area contributed by atoms with Crippen LogP contribution in [0.5, 0.6) is 11.5 Å². The summed E-state index contributed by atoms with van der Waals surface area (Å²) in [6, 6.07) is 13.8. The first-order valence-electron chi connectivity index (χ1n) is 7.91. The quantitative estimate of drug-likeness (QED) is 0.728. The zero-order valence-electron chi connectivity index (χ0n) is 13.6. The van der Waals surface area contributed by atoms with Crippen LogP contribution < -0.4 is 14.8 Å². The number of aromatic nitrogens is 1. The molecular formula is C19H14N2O5. The number of ether oxygens (including phenoxy) is 3. The van der Waals surface area contributed by atoms with Crippen LogP contribution in [0.4, 0.5) is 5.69 Å². The van der Waals surface area contributed by atoms with Gasteiger partial charge in [-0.05, 0) is 42.5 Å². The number of carbonyl (C=O) groups excluding carboxylic acids is 2. The van der Waals surface area contributed by atoms with Gasteiger partial charge in [-0.25, -0.2) is 4.79 Å². The van der Waals surface area contributed by atoms with E-state index in [-0.39, 0.29) is 12.4 Å². The Balaban J connectivity index is 1.40. The molecule has 0 saturated carbocycles. The molecule has 130 valence electrons. The number of esters is 1. The first kappa shape index (κ1) is 15.9. The van der Waals surface area contributed by atoms with E-state index in [0.717, 1.165) is 10.9 Å². The molecule has 0 radical (unpaired) electrons. The van der Waals surface area contributed by atoms with Crippen molar-refractivity contribution in [1.29, 1.82) is 0 Å². The van der Waals surface area contributed by atoms with Crippen LogP contribution in [-0.2, 0) is 9.53 Å². The minimum Gasteiger partial charge on any atom is -0.454 e. The number of fused-ring (bicyclic) bond motifs is 2. The van der Waals surface area contributed by atoms with Gasteiger partial charge in [-0.2, -0.15) is 0 Å². The maximum atomic E-state index is 12.1. The summed E-state index contributed by atoms with van der Waals surface area (Å²) in [5.74, 6) is 0.00416. The molecule has 1 aliphatic rings. The summed E-state index contributed by atoms with van der Waals surface area (Å²) in [7, 11) is 0. The van der Waals surface area contributed by atoms with Gasteiger partial charge >= 0.3 is 5.97 Å². The first-order chi connectivity index (χ1) is 12.7. The van der Waals surface area contributed by atoms with Crippen molar-refractivity contribution in [3.05, 3.63) is 60.3 Å². The van der Waals surface area contributed by atoms with Crippen LogP contribution in [0.25, 0.3) is 10.9 Å². The summed E-state index contributed by atoms with van der Waals surface area (Å²) in [5, 5.41) is 3.54. The predicted octanol–water partition coefficient (Wildman–Crippen LogP) is 2.76. The van der Waals surface area contributed by atoms with E-state index in [2.05, 4.69) is 10.3 Å². The fourth-order valence-corrected chi connectivity index (χ4v) is 2.64. The third-order valence-corrected chi connectivity index (χ3v) is 3.86. The van der Waals surface area contributed by atoms with E-state index in [4.69, 9.17) is 14.2 Å². The number of rotatable bonds is 4. The highest BCUT2D eigenvalue weighted by atomic mass is 16.7. The maximum Gasteiger partial charge on any atom is 0.338 e. The molecule has 0 atom stereocenters. The Morgan fingerprint density at radius 1 is 1.08 bits per heavy atom. The van der Waals surface area contributed by atoms with Crippen molar-refractivity contribution in [2.75, 3.05) is 18.7 Å². The van der Waals surface area contributed by atoms with Gasteiger partial charge in [0.25, 0.3) is 5.91 Å². The fraction of sp³-hybridized carbons (Fsp3) is 0.105. The standard InChI is InChI=1S/C19H14N2O5/c22-18(21-15-5-1-4-14-13(15)3-2-8-20-14)10-24-19(23)12-6-7-16-17(9-12)26-11-25-16/h1-9H,10-11H2,(H,21,22). The van der Waals surface area contributed by atoms with Gasteiger partial charge in [-0.1, -0.05) is 6.07 Å². The smallest absolute Gasteiger partial charge is 0.338 e. The summed E-state index contributed by atoms with van der Waals surface area (Å²) in [5.41, 5.74) is 1.67. The molecule has 0 bridgehead atoms. The van der Waals surface area contributed by atoms with Crippen molar-refractivity contribution in [2.24, 2.45) is 0 Å². The molecule has 3 aromatic rings. The van der Waals surface area contributed by atoms with Crippen molar-refractivity contribution in [3.63, 3.8) is 0 Å². The van der Waals surface area contributed by atoms with Gasteiger partial charge in [0.1, 0.15) is 0 Å². The van der Waals surface area contributed by atoms with Gasteiger partial charge in [-0.3, -0.25) is 9.78 Å². The molecule has 0 saturated heterocycles. The number of carbonyl (C=O) groups is 2. The molecule has 0 spiro atoms. The van der Waals surface area contributed by atoms with Crippen LogP contribution in [-0.4, -0.2) is 30.3 Å². The van der Waals surface area contributed by atoms with Crippen LogP contribution in [0.3, 0.4) is 0 Å². The third-order valence-electron chi connectivity index (χ3n) is 3.86. The summed E-state index contributed by atoms with van der Waals surface area (Å²) in [4.78, 5) is 28.5. The van der Waals surface area contributed by atoms with Crippen LogP contribution in [0, 0.1) is 0 Å². The predicted molar refractivity (Wildman–Crippen MR) is 93.2 cm³/mol. The highest BCUT2D eigenvalue weighted by Gasteiger charge is 2.18. The van der Waals surface area contributed by atoms with Crippen LogP contribution >= 0.6 is 0 Å². The number of benzene rings is 2. The van der Waals surface area contributed by atoms with Gasteiger partial charge < -0.3 is 19.5 Å². The van der Waals surface area contributed by atoms with Crippen LogP contribution in [0.15, 0.2) is 54.7 Å². The van der Waals surface area contributed by atoms with Gasteiger partial charge in [0.2, 0.25) is 6.79 Å². The molecule has 4 rings (SSSR count). The van der Waals surface area contributed by atoms with Crippen molar-refractivity contribution >= 4 is 28.5 Å². The zero-order valence-corrected chi connectivity index (χ0v) is 13.6. The van der Waals surface area contributed by atoms with Crippen LogP contribution in [0.2, 0.25) is 0 Å². The van der Waals surface area contributed by atoms with E-state index in [1.807, 2.05) is 12.1 Å². The Kier molecular flexibility index (Phi) is 4.10. The minimum atomic E-state index is -0.613. The number of amides is 1. The molecule has 1 N–H and O–H groups in total. The molecular weight excluding hydrogens is 336 g/mol. The van der Waals surface area contributed by atoms with E-state index in [9.17, 15) is 9.59 Å². The molecule has 0 aliphatic carbocycles. The highest BCUT2D eigenvalue weighted by molar-refractivity contribution is 6.02. The third kappa shape index (κ3) is 3.14. The molecule has 0 unspecified atom stereocenters. The van der Waals surface area contributed by atoms with E-state index in [1.54, 1.807) is 36.5 Å². The summed E-state index contributed by atoms with van der Waals surface area (Å²) in [6.45, 7) is -0.278. The summed E-state index contributed by atoms with van der Waals surface area (Å²) in [6.07, 6.45) is 1.68. The molecule has 2 aromatic carbocycles. The average Bonchev–Trinajstić information content (AvgIpc) is 3.14. The van der Waals surface area contributed by atoms with Gasteiger partial charge in [0.05, 0.1) is 16.8 Å². The number of nitrogens with one attached hydrogen (secondary N) is 1. The number of nitrogens with zero attached hydrogens (tertiary/aromatic N) is 1.